The summed E-state index contributed by atoms with van der Waals surface area (Å²) in [5.74, 6) is -0.389. The molecule has 0 spiro atoms. The average molecular weight is 388 g/mol. The zero-order chi connectivity index (χ0) is 19.6. The molecule has 1 atom stereocenters. The van der Waals surface area contributed by atoms with E-state index in [9.17, 15) is 13.2 Å². The van der Waals surface area contributed by atoms with Gasteiger partial charge in [0.2, 0.25) is 10.0 Å². The van der Waals surface area contributed by atoms with Gasteiger partial charge in [0, 0.05) is 6.54 Å². The molecule has 3 rings (SSSR count). The van der Waals surface area contributed by atoms with Crippen molar-refractivity contribution in [1.82, 2.24) is 4.31 Å². The number of aryl methyl sites for hydroxylation is 2. The molecule has 0 aromatic heterocycles. The van der Waals surface area contributed by atoms with Crippen molar-refractivity contribution >= 4 is 16.0 Å². The molecule has 1 aliphatic rings. The van der Waals surface area contributed by atoms with Gasteiger partial charge in [0.1, 0.15) is 0 Å². The molecular weight excluding hydrogens is 362 g/mol. The summed E-state index contributed by atoms with van der Waals surface area (Å²) in [4.78, 5) is 12.5. The lowest BCUT2D eigenvalue weighted by atomic mass is 9.92. The first-order valence-corrected chi connectivity index (χ1v) is 10.6. The van der Waals surface area contributed by atoms with Gasteiger partial charge >= 0.3 is 5.97 Å². The number of hydrogen-bond acceptors (Lipinski definition) is 4. The number of sulfonamides is 1. The highest BCUT2D eigenvalue weighted by atomic mass is 32.2. The van der Waals surface area contributed by atoms with Crippen LogP contribution in [0.15, 0.2) is 47.4 Å². The summed E-state index contributed by atoms with van der Waals surface area (Å²) < 4.78 is 33.5. The molecule has 0 radical (unpaired) electrons. The lowest BCUT2D eigenvalue weighted by Gasteiger charge is -2.36. The van der Waals surface area contributed by atoms with E-state index >= 15 is 0 Å². The topological polar surface area (TPSA) is 63.7 Å². The molecule has 0 bridgehead atoms. The predicted octanol–water partition coefficient (Wildman–Crippen LogP) is 3.54. The fourth-order valence-corrected chi connectivity index (χ4v) is 5.53. The second-order valence-corrected chi connectivity index (χ2v) is 8.72. The Morgan fingerprint density at radius 1 is 1.19 bits per heavy atom. The van der Waals surface area contributed by atoms with Crippen molar-refractivity contribution in [2.24, 2.45) is 0 Å². The van der Waals surface area contributed by atoms with Gasteiger partial charge in [-0.1, -0.05) is 42.0 Å². The van der Waals surface area contributed by atoms with E-state index in [4.69, 9.17) is 4.74 Å². The first kappa shape index (κ1) is 19.6. The molecule has 1 aliphatic heterocycles. The Hall–Kier alpha value is -2.18. The van der Waals surface area contributed by atoms with Crippen molar-refractivity contribution in [2.75, 3.05) is 13.2 Å². The Labute approximate surface area is 161 Å². The largest absolute Gasteiger partial charge is 0.466 e. The molecule has 0 saturated carbocycles. The molecule has 0 amide bonds. The van der Waals surface area contributed by atoms with Gasteiger partial charge in [0.15, 0.2) is 0 Å². The normalized spacial score (nSPS) is 17.4. The molecule has 5 nitrogen and oxygen atoms in total. The third kappa shape index (κ3) is 3.92. The molecule has 1 unspecified atom stereocenters. The summed E-state index contributed by atoms with van der Waals surface area (Å²) in [5, 5.41) is 0. The highest BCUT2D eigenvalue weighted by Gasteiger charge is 2.38. The van der Waals surface area contributed by atoms with Crippen molar-refractivity contribution in [3.05, 3.63) is 64.7 Å². The van der Waals surface area contributed by atoms with Crippen LogP contribution < -0.4 is 0 Å². The Bertz CT molecular complexity index is 952. The minimum Gasteiger partial charge on any atom is -0.466 e. The van der Waals surface area contributed by atoms with E-state index in [0.717, 1.165) is 16.7 Å². The minimum atomic E-state index is -3.74. The van der Waals surface area contributed by atoms with Crippen molar-refractivity contribution in [3.8, 4) is 0 Å². The number of carbonyl (C=O) groups excluding carboxylic acids is 1. The highest BCUT2D eigenvalue weighted by Crippen LogP contribution is 2.37. The standard InChI is InChI=1S/C21H25NO4S/c1-4-26-21(23)14-19-18-8-6-5-7-17(18)11-12-22(19)27(24,25)20-10-9-15(2)13-16(20)3/h5-10,13,19H,4,11-12,14H2,1-3H3. The maximum absolute atomic E-state index is 13.5. The van der Waals surface area contributed by atoms with Crippen LogP contribution in [-0.2, 0) is 26.0 Å². The Balaban J connectivity index is 2.05. The Morgan fingerprint density at radius 3 is 2.63 bits per heavy atom. The van der Waals surface area contributed by atoms with Crippen LogP contribution >= 0.6 is 0 Å². The van der Waals surface area contributed by atoms with Gasteiger partial charge < -0.3 is 4.74 Å². The fraction of sp³-hybridized carbons (Fsp3) is 0.381. The van der Waals surface area contributed by atoms with Crippen LogP contribution in [0.1, 0.15) is 41.6 Å². The van der Waals surface area contributed by atoms with E-state index in [-0.39, 0.29) is 19.0 Å². The van der Waals surface area contributed by atoms with Gasteiger partial charge in [-0.25, -0.2) is 8.42 Å². The molecule has 27 heavy (non-hydrogen) atoms. The van der Waals surface area contributed by atoms with E-state index in [1.165, 1.54) is 4.31 Å². The maximum Gasteiger partial charge on any atom is 0.307 e. The van der Waals surface area contributed by atoms with E-state index in [2.05, 4.69) is 0 Å². The quantitative estimate of drug-likeness (QED) is 0.736. The van der Waals surface area contributed by atoms with Crippen molar-refractivity contribution in [1.29, 1.82) is 0 Å². The van der Waals surface area contributed by atoms with Gasteiger partial charge in [-0.05, 0) is 49.9 Å². The number of carbonyl (C=O) groups is 1. The molecule has 0 aliphatic carbocycles. The summed E-state index contributed by atoms with van der Waals surface area (Å²) in [7, 11) is -3.74. The molecule has 144 valence electrons. The molecule has 0 N–H and O–H groups in total. The van der Waals surface area contributed by atoms with Crippen LogP contribution in [0.4, 0.5) is 0 Å². The summed E-state index contributed by atoms with van der Waals surface area (Å²) in [6.45, 7) is 6.10. The minimum absolute atomic E-state index is 0.00892. The van der Waals surface area contributed by atoms with Gasteiger partial charge in [-0.3, -0.25) is 4.79 Å². The zero-order valence-electron chi connectivity index (χ0n) is 15.9. The molecular formula is C21H25NO4S. The van der Waals surface area contributed by atoms with Crippen molar-refractivity contribution in [2.45, 2.75) is 44.6 Å². The molecule has 1 heterocycles. The van der Waals surface area contributed by atoms with E-state index in [0.29, 0.717) is 23.4 Å². The second-order valence-electron chi connectivity index (χ2n) is 6.86. The Morgan fingerprint density at radius 2 is 1.93 bits per heavy atom. The van der Waals surface area contributed by atoms with Crippen LogP contribution in [0, 0.1) is 13.8 Å². The monoisotopic (exact) mass is 387 g/mol. The number of nitrogens with zero attached hydrogens (tertiary/aromatic N) is 1. The van der Waals surface area contributed by atoms with Crippen LogP contribution in [0.25, 0.3) is 0 Å². The van der Waals surface area contributed by atoms with Crippen LogP contribution in [0.3, 0.4) is 0 Å². The third-order valence-electron chi connectivity index (χ3n) is 4.95. The number of rotatable bonds is 5. The average Bonchev–Trinajstić information content (AvgIpc) is 2.61. The molecule has 2 aromatic rings. The summed E-state index contributed by atoms with van der Waals surface area (Å²) >= 11 is 0. The van der Waals surface area contributed by atoms with E-state index < -0.39 is 16.1 Å². The molecule has 2 aromatic carbocycles. The number of esters is 1. The van der Waals surface area contributed by atoms with Crippen molar-refractivity contribution in [3.63, 3.8) is 0 Å². The molecule has 6 heteroatoms. The second kappa shape index (κ2) is 7.82. The predicted molar refractivity (Wildman–Crippen MR) is 104 cm³/mol. The lowest BCUT2D eigenvalue weighted by Crippen LogP contribution is -2.41. The number of fused-ring (bicyclic) bond motifs is 1. The van der Waals surface area contributed by atoms with Gasteiger partial charge in [0.25, 0.3) is 0 Å². The van der Waals surface area contributed by atoms with Gasteiger partial charge in [0.05, 0.1) is 24.0 Å². The summed E-state index contributed by atoms with van der Waals surface area (Å²) in [5.41, 5.74) is 3.69. The summed E-state index contributed by atoms with van der Waals surface area (Å²) in [6, 6.07) is 12.5. The van der Waals surface area contributed by atoms with Gasteiger partial charge in [-0.15, -0.1) is 0 Å². The smallest absolute Gasteiger partial charge is 0.307 e. The lowest BCUT2D eigenvalue weighted by molar-refractivity contribution is -0.144. The van der Waals surface area contributed by atoms with E-state index in [1.807, 2.05) is 37.3 Å². The van der Waals surface area contributed by atoms with Crippen LogP contribution in [0.2, 0.25) is 0 Å². The van der Waals surface area contributed by atoms with Crippen LogP contribution in [-0.4, -0.2) is 31.8 Å². The zero-order valence-corrected chi connectivity index (χ0v) is 16.8. The number of hydrogen-bond donors (Lipinski definition) is 0. The Kier molecular flexibility index (Phi) is 5.67. The molecule has 0 fully saturated rings. The van der Waals surface area contributed by atoms with Crippen molar-refractivity contribution < 1.29 is 17.9 Å². The SMILES string of the molecule is CCOC(=O)CC1c2ccccc2CCN1S(=O)(=O)c1ccc(C)cc1C. The van der Waals surface area contributed by atoms with Crippen LogP contribution in [0.5, 0.6) is 0 Å². The highest BCUT2D eigenvalue weighted by molar-refractivity contribution is 7.89. The van der Waals surface area contributed by atoms with Gasteiger partial charge in [-0.2, -0.15) is 4.31 Å². The summed E-state index contributed by atoms with van der Waals surface area (Å²) in [6.07, 6.45) is 0.634. The maximum atomic E-state index is 13.5. The third-order valence-corrected chi connectivity index (χ3v) is 7.01. The molecule has 0 saturated heterocycles. The number of benzene rings is 2. The fourth-order valence-electron chi connectivity index (χ4n) is 3.72. The number of ether oxygens (including phenoxy) is 1. The first-order valence-electron chi connectivity index (χ1n) is 9.17. The first-order chi connectivity index (χ1) is 12.8. The van der Waals surface area contributed by atoms with E-state index in [1.54, 1.807) is 26.0 Å².